The van der Waals surface area contributed by atoms with Gasteiger partial charge in [0, 0.05) is 31.5 Å². The predicted molar refractivity (Wildman–Crippen MR) is 117 cm³/mol. The van der Waals surface area contributed by atoms with Gasteiger partial charge in [0.1, 0.15) is 0 Å². The summed E-state index contributed by atoms with van der Waals surface area (Å²) in [5, 5.41) is 16.8. The number of aromatic nitrogens is 2. The Morgan fingerprint density at radius 1 is 1.32 bits per heavy atom. The summed E-state index contributed by atoms with van der Waals surface area (Å²) in [6, 6.07) is 10.8. The number of carbonyl (C=O) groups is 1. The summed E-state index contributed by atoms with van der Waals surface area (Å²) < 4.78 is 8.30. The number of ether oxygens (including phenoxy) is 1. The lowest BCUT2D eigenvalue weighted by atomic mass is 9.59. The van der Waals surface area contributed by atoms with E-state index in [2.05, 4.69) is 48.5 Å². The maximum absolute atomic E-state index is 12.4. The van der Waals surface area contributed by atoms with Gasteiger partial charge < -0.3 is 15.2 Å². The number of carbonyl (C=O) groups excluding carboxylic acids is 1. The average Bonchev–Trinajstić information content (AvgIpc) is 3.44. The number of benzene rings is 1. The van der Waals surface area contributed by atoms with Gasteiger partial charge in [0.2, 0.25) is 5.91 Å². The van der Waals surface area contributed by atoms with Crippen LogP contribution in [0.1, 0.15) is 56.8 Å². The number of hydrogen-bond donors (Lipinski definition) is 2. The van der Waals surface area contributed by atoms with Gasteiger partial charge in [-0.1, -0.05) is 38.1 Å². The molecule has 1 amide bonds. The highest BCUT2D eigenvalue weighted by molar-refractivity contribution is 5.76. The topological polar surface area (TPSA) is 76.4 Å². The van der Waals surface area contributed by atoms with E-state index < -0.39 is 0 Å². The third-order valence-corrected chi connectivity index (χ3v) is 8.36. The molecule has 2 saturated carbocycles. The second kappa shape index (κ2) is 7.75. The first-order chi connectivity index (χ1) is 14.9. The number of amides is 1. The molecular weight excluding hydrogens is 390 g/mol. The largest absolute Gasteiger partial charge is 0.396 e. The molecule has 31 heavy (non-hydrogen) atoms. The van der Waals surface area contributed by atoms with Crippen molar-refractivity contribution in [2.24, 2.45) is 22.7 Å². The van der Waals surface area contributed by atoms with Gasteiger partial charge in [-0.15, -0.1) is 0 Å². The lowest BCUT2D eigenvalue weighted by molar-refractivity contribution is -0.137. The van der Waals surface area contributed by atoms with Crippen LogP contribution in [0.3, 0.4) is 0 Å². The molecule has 6 nitrogen and oxygen atoms in total. The molecule has 166 valence electrons. The minimum Gasteiger partial charge on any atom is -0.396 e. The summed E-state index contributed by atoms with van der Waals surface area (Å²) in [7, 11) is 0. The maximum atomic E-state index is 12.4. The molecule has 2 N–H and O–H groups in total. The van der Waals surface area contributed by atoms with Crippen LogP contribution in [0.4, 0.5) is 0 Å². The van der Waals surface area contributed by atoms with E-state index in [4.69, 9.17) is 4.74 Å². The Morgan fingerprint density at radius 2 is 2.13 bits per heavy atom. The zero-order valence-electron chi connectivity index (χ0n) is 18.5. The van der Waals surface area contributed by atoms with Crippen molar-refractivity contribution in [1.29, 1.82) is 0 Å². The van der Waals surface area contributed by atoms with Gasteiger partial charge in [-0.3, -0.25) is 9.48 Å². The first-order valence-electron chi connectivity index (χ1n) is 11.5. The van der Waals surface area contributed by atoms with Crippen molar-refractivity contribution in [1.82, 2.24) is 15.1 Å². The SMILES string of the molecule is CC1(C)[C@@H]2C[C@@H]3[C@@H](c4ccc(Cn5cccn5)cc4)OCCC3(C2)[C@H]1NC(=O)CCO. The van der Waals surface area contributed by atoms with E-state index in [0.29, 0.717) is 11.8 Å². The van der Waals surface area contributed by atoms with E-state index in [9.17, 15) is 9.90 Å². The highest BCUT2D eigenvalue weighted by atomic mass is 16.5. The van der Waals surface area contributed by atoms with Gasteiger partial charge in [0.05, 0.1) is 19.3 Å². The number of fused-ring (bicyclic) bond motifs is 1. The van der Waals surface area contributed by atoms with Crippen LogP contribution in [0.25, 0.3) is 0 Å². The second-order valence-corrected chi connectivity index (χ2v) is 10.3. The normalized spacial score (nSPS) is 33.3. The van der Waals surface area contributed by atoms with Crippen molar-refractivity contribution in [2.45, 2.75) is 58.2 Å². The molecule has 1 unspecified atom stereocenters. The zero-order valence-corrected chi connectivity index (χ0v) is 18.5. The number of nitrogens with one attached hydrogen (secondary N) is 1. The van der Waals surface area contributed by atoms with Crippen LogP contribution < -0.4 is 5.32 Å². The summed E-state index contributed by atoms with van der Waals surface area (Å²) in [6.07, 6.45) is 7.34. The molecule has 1 aliphatic heterocycles. The number of nitrogens with zero attached hydrogens (tertiary/aromatic N) is 2. The standard InChI is InChI=1S/C25H33N3O3/c1-24(2)19-14-20-22(18-6-4-17(5-7-18)16-28-11-3-10-26-28)31-13-9-25(20,15-19)23(24)27-21(30)8-12-29/h3-7,10-11,19-20,22-23,29H,8-9,12-16H2,1-2H3,(H,27,30)/t19-,20-,22-,23+,25?/m1/s1. The number of aliphatic hydroxyl groups is 1. The Kier molecular flexibility index (Phi) is 5.18. The number of rotatable bonds is 6. The molecule has 5 atom stereocenters. The highest BCUT2D eigenvalue weighted by Gasteiger charge is 2.68. The molecule has 2 heterocycles. The molecular formula is C25H33N3O3. The van der Waals surface area contributed by atoms with E-state index >= 15 is 0 Å². The Hall–Kier alpha value is -2.18. The Balaban J connectivity index is 1.38. The van der Waals surface area contributed by atoms with Crippen molar-refractivity contribution in [3.8, 4) is 0 Å². The van der Waals surface area contributed by atoms with Crippen LogP contribution in [0.5, 0.6) is 0 Å². The van der Waals surface area contributed by atoms with Crippen molar-refractivity contribution in [3.05, 3.63) is 53.9 Å². The molecule has 3 fully saturated rings. The fourth-order valence-corrected chi connectivity index (χ4v) is 6.85. The summed E-state index contributed by atoms with van der Waals surface area (Å²) in [5.41, 5.74) is 2.60. The van der Waals surface area contributed by atoms with E-state index in [1.165, 1.54) is 11.1 Å². The highest BCUT2D eigenvalue weighted by Crippen LogP contribution is 2.70. The average molecular weight is 424 g/mol. The van der Waals surface area contributed by atoms with Crippen LogP contribution >= 0.6 is 0 Å². The van der Waals surface area contributed by atoms with Gasteiger partial charge in [0.25, 0.3) is 0 Å². The first kappa shape index (κ1) is 20.7. The zero-order chi connectivity index (χ0) is 21.6. The summed E-state index contributed by atoms with van der Waals surface area (Å²) in [6.45, 7) is 6.00. The number of aliphatic hydroxyl groups excluding tert-OH is 1. The minimum absolute atomic E-state index is 0.0349. The van der Waals surface area contributed by atoms with Crippen molar-refractivity contribution >= 4 is 5.91 Å². The lowest BCUT2D eigenvalue weighted by Gasteiger charge is -2.53. The molecule has 3 aliphatic rings. The second-order valence-electron chi connectivity index (χ2n) is 10.3. The smallest absolute Gasteiger partial charge is 0.222 e. The molecule has 6 heteroatoms. The van der Waals surface area contributed by atoms with Gasteiger partial charge in [-0.2, -0.15) is 5.10 Å². The van der Waals surface area contributed by atoms with Gasteiger partial charge >= 0.3 is 0 Å². The van der Waals surface area contributed by atoms with E-state index in [1.54, 1.807) is 6.20 Å². The van der Waals surface area contributed by atoms with Crippen LogP contribution in [0.2, 0.25) is 0 Å². The Morgan fingerprint density at radius 3 is 2.84 bits per heavy atom. The molecule has 5 rings (SSSR count). The third kappa shape index (κ3) is 3.40. The van der Waals surface area contributed by atoms with Crippen LogP contribution in [0.15, 0.2) is 42.7 Å². The van der Waals surface area contributed by atoms with Crippen molar-refractivity contribution in [3.63, 3.8) is 0 Å². The first-order valence-corrected chi connectivity index (χ1v) is 11.5. The quantitative estimate of drug-likeness (QED) is 0.747. The van der Waals surface area contributed by atoms with Gasteiger partial charge in [-0.05, 0) is 59.1 Å². The van der Waals surface area contributed by atoms with Crippen LogP contribution in [-0.2, 0) is 16.1 Å². The molecule has 1 saturated heterocycles. The van der Waals surface area contributed by atoms with Gasteiger partial charge in [-0.25, -0.2) is 0 Å². The minimum atomic E-state index is -0.102. The Bertz CT molecular complexity index is 924. The lowest BCUT2D eigenvalue weighted by Crippen LogP contribution is -2.59. The molecule has 1 aromatic carbocycles. The van der Waals surface area contributed by atoms with Gasteiger partial charge in [0.15, 0.2) is 0 Å². The fourth-order valence-electron chi connectivity index (χ4n) is 6.85. The molecule has 2 bridgehead atoms. The Labute approximate surface area is 184 Å². The van der Waals surface area contributed by atoms with E-state index in [0.717, 1.165) is 32.4 Å². The molecule has 2 aromatic rings. The molecule has 2 aliphatic carbocycles. The summed E-state index contributed by atoms with van der Waals surface area (Å²) in [5.74, 6) is 0.961. The third-order valence-electron chi connectivity index (χ3n) is 8.36. The molecule has 1 aromatic heterocycles. The fraction of sp³-hybridized carbons (Fsp3) is 0.600. The monoisotopic (exact) mass is 423 g/mol. The van der Waals surface area contributed by atoms with E-state index in [-0.39, 0.29) is 41.9 Å². The van der Waals surface area contributed by atoms with Crippen molar-refractivity contribution < 1.29 is 14.6 Å². The van der Waals surface area contributed by atoms with Crippen LogP contribution in [0, 0.1) is 22.7 Å². The van der Waals surface area contributed by atoms with Crippen molar-refractivity contribution in [2.75, 3.05) is 13.2 Å². The number of hydrogen-bond acceptors (Lipinski definition) is 4. The molecule has 1 spiro atoms. The van der Waals surface area contributed by atoms with Crippen LogP contribution in [-0.4, -0.2) is 40.0 Å². The summed E-state index contributed by atoms with van der Waals surface area (Å²) >= 11 is 0. The van der Waals surface area contributed by atoms with E-state index in [1.807, 2.05) is 16.9 Å². The maximum Gasteiger partial charge on any atom is 0.222 e. The molecule has 0 radical (unpaired) electrons. The summed E-state index contributed by atoms with van der Waals surface area (Å²) in [4.78, 5) is 12.4. The predicted octanol–water partition coefficient (Wildman–Crippen LogP) is 3.31.